The summed E-state index contributed by atoms with van der Waals surface area (Å²) >= 11 is 9.33. The molecule has 1 fully saturated rings. The number of hydrogen-bond donors (Lipinski definition) is 0. The summed E-state index contributed by atoms with van der Waals surface area (Å²) in [4.78, 5) is 14.2. The molecule has 18 heavy (non-hydrogen) atoms. The van der Waals surface area contributed by atoms with E-state index in [-0.39, 0.29) is 5.91 Å². The van der Waals surface area contributed by atoms with Crippen LogP contribution in [0.4, 0.5) is 0 Å². The third-order valence-electron chi connectivity index (χ3n) is 3.13. The van der Waals surface area contributed by atoms with E-state index >= 15 is 0 Å². The summed E-state index contributed by atoms with van der Waals surface area (Å²) in [5.41, 5.74) is 0.626. The van der Waals surface area contributed by atoms with Crippen molar-refractivity contribution in [2.24, 2.45) is 5.92 Å². The number of halogens is 2. The maximum Gasteiger partial charge on any atom is 0.255 e. The second-order valence-electron chi connectivity index (χ2n) is 4.49. The van der Waals surface area contributed by atoms with E-state index in [9.17, 15) is 4.79 Å². The van der Waals surface area contributed by atoms with Crippen LogP contribution in [0.2, 0.25) is 5.02 Å². The van der Waals surface area contributed by atoms with Gasteiger partial charge in [-0.3, -0.25) is 4.79 Å². The molecule has 1 aliphatic rings. The van der Waals surface area contributed by atoms with E-state index in [1.165, 1.54) is 0 Å². The van der Waals surface area contributed by atoms with Crippen molar-refractivity contribution >= 4 is 33.4 Å². The van der Waals surface area contributed by atoms with Gasteiger partial charge in [-0.1, -0.05) is 11.6 Å². The highest BCUT2D eigenvalue weighted by atomic mass is 79.9. The number of rotatable bonds is 3. The zero-order chi connectivity index (χ0) is 13.1. The highest BCUT2D eigenvalue weighted by Gasteiger charge is 2.27. The summed E-state index contributed by atoms with van der Waals surface area (Å²) in [5.74, 6) is 0.472. The van der Waals surface area contributed by atoms with Crippen LogP contribution in [0.3, 0.4) is 0 Å². The quantitative estimate of drug-likeness (QED) is 0.850. The number of carbonyl (C=O) groups is 1. The molecule has 2 rings (SSSR count). The fourth-order valence-electron chi connectivity index (χ4n) is 2.22. The highest BCUT2D eigenvalue weighted by molar-refractivity contribution is 9.10. The number of benzene rings is 1. The van der Waals surface area contributed by atoms with Crippen LogP contribution in [0.1, 0.15) is 16.8 Å². The van der Waals surface area contributed by atoms with Gasteiger partial charge < -0.3 is 9.64 Å². The maximum atomic E-state index is 12.4. The fourth-order valence-corrected chi connectivity index (χ4v) is 2.81. The van der Waals surface area contributed by atoms with Gasteiger partial charge in [-0.2, -0.15) is 0 Å². The number of carbonyl (C=O) groups excluding carboxylic acids is 1. The van der Waals surface area contributed by atoms with Crippen LogP contribution in [-0.2, 0) is 4.74 Å². The van der Waals surface area contributed by atoms with Crippen molar-refractivity contribution in [2.75, 3.05) is 26.8 Å². The summed E-state index contributed by atoms with van der Waals surface area (Å²) in [6.07, 6.45) is 0.998. The minimum absolute atomic E-state index is 0.0305. The molecule has 0 radical (unpaired) electrons. The lowest BCUT2D eigenvalue weighted by Crippen LogP contribution is -2.29. The van der Waals surface area contributed by atoms with E-state index in [0.29, 0.717) is 23.1 Å². The second-order valence-corrected chi connectivity index (χ2v) is 5.78. The molecule has 1 heterocycles. The molecule has 0 aromatic heterocycles. The third-order valence-corrected chi connectivity index (χ3v) is 4.06. The summed E-state index contributed by atoms with van der Waals surface area (Å²) in [5, 5.41) is 0.578. The zero-order valence-electron chi connectivity index (χ0n) is 10.2. The van der Waals surface area contributed by atoms with Crippen molar-refractivity contribution in [3.05, 3.63) is 33.3 Å². The Bertz CT molecular complexity index is 453. The van der Waals surface area contributed by atoms with E-state index < -0.39 is 0 Å². The van der Waals surface area contributed by atoms with Crippen molar-refractivity contribution < 1.29 is 9.53 Å². The lowest BCUT2D eigenvalue weighted by atomic mass is 10.1. The van der Waals surface area contributed by atoms with Crippen LogP contribution >= 0.6 is 27.5 Å². The Hall–Kier alpha value is -0.580. The SMILES string of the molecule is COCC1CCN(C(=O)c2cc(Cl)ccc2Br)C1. The molecule has 1 aliphatic heterocycles. The first kappa shape index (κ1) is 13.8. The Morgan fingerprint density at radius 1 is 1.61 bits per heavy atom. The molecule has 1 amide bonds. The molecule has 0 saturated carbocycles. The number of methoxy groups -OCH3 is 1. The first-order chi connectivity index (χ1) is 8.61. The summed E-state index contributed by atoms with van der Waals surface area (Å²) in [7, 11) is 1.69. The Morgan fingerprint density at radius 2 is 2.39 bits per heavy atom. The average Bonchev–Trinajstić information content (AvgIpc) is 2.80. The first-order valence-electron chi connectivity index (χ1n) is 5.85. The van der Waals surface area contributed by atoms with Crippen LogP contribution in [0.5, 0.6) is 0 Å². The molecule has 5 heteroatoms. The second kappa shape index (κ2) is 6.04. The minimum atomic E-state index is 0.0305. The van der Waals surface area contributed by atoms with Crippen molar-refractivity contribution in [2.45, 2.75) is 6.42 Å². The first-order valence-corrected chi connectivity index (χ1v) is 7.02. The molecule has 1 saturated heterocycles. The predicted molar refractivity (Wildman–Crippen MR) is 75.0 cm³/mol. The summed E-state index contributed by atoms with van der Waals surface area (Å²) in [6.45, 7) is 2.25. The van der Waals surface area contributed by atoms with Gasteiger partial charge in [0.05, 0.1) is 12.2 Å². The van der Waals surface area contributed by atoms with E-state index in [2.05, 4.69) is 15.9 Å². The summed E-state index contributed by atoms with van der Waals surface area (Å²) < 4.78 is 5.92. The van der Waals surface area contributed by atoms with Gasteiger partial charge in [0.1, 0.15) is 0 Å². The van der Waals surface area contributed by atoms with Gasteiger partial charge in [0, 0.05) is 35.6 Å². The van der Waals surface area contributed by atoms with Crippen LogP contribution in [-0.4, -0.2) is 37.6 Å². The van der Waals surface area contributed by atoms with Gasteiger partial charge in [-0.05, 0) is 40.5 Å². The van der Waals surface area contributed by atoms with Crippen molar-refractivity contribution in [1.29, 1.82) is 0 Å². The van der Waals surface area contributed by atoms with Gasteiger partial charge in [0.15, 0.2) is 0 Å². The van der Waals surface area contributed by atoms with Crippen LogP contribution < -0.4 is 0 Å². The molecule has 0 spiro atoms. The van der Waals surface area contributed by atoms with Crippen LogP contribution in [0.15, 0.2) is 22.7 Å². The van der Waals surface area contributed by atoms with Gasteiger partial charge >= 0.3 is 0 Å². The third kappa shape index (κ3) is 3.05. The monoisotopic (exact) mass is 331 g/mol. The predicted octanol–water partition coefficient (Wildman–Crippen LogP) is 3.21. The van der Waals surface area contributed by atoms with Crippen molar-refractivity contribution in [1.82, 2.24) is 4.90 Å². The molecule has 0 aliphatic carbocycles. The van der Waals surface area contributed by atoms with Crippen LogP contribution in [0, 0.1) is 5.92 Å². The highest BCUT2D eigenvalue weighted by Crippen LogP contribution is 2.25. The van der Waals surface area contributed by atoms with E-state index in [0.717, 1.165) is 24.0 Å². The number of ether oxygens (including phenoxy) is 1. The zero-order valence-corrected chi connectivity index (χ0v) is 12.5. The van der Waals surface area contributed by atoms with E-state index in [1.54, 1.807) is 25.3 Å². The van der Waals surface area contributed by atoms with Crippen LogP contribution in [0.25, 0.3) is 0 Å². The molecular formula is C13H15BrClNO2. The molecule has 3 nitrogen and oxygen atoms in total. The number of nitrogens with zero attached hydrogens (tertiary/aromatic N) is 1. The van der Waals surface area contributed by atoms with E-state index in [4.69, 9.17) is 16.3 Å². The topological polar surface area (TPSA) is 29.5 Å². The van der Waals surface area contributed by atoms with Crippen molar-refractivity contribution in [3.63, 3.8) is 0 Å². The molecule has 1 aromatic rings. The Balaban J connectivity index is 2.10. The standard InChI is InChI=1S/C13H15BrClNO2/c1-18-8-9-4-5-16(7-9)13(17)11-6-10(15)2-3-12(11)14/h2-3,6,9H,4-5,7-8H2,1H3. The normalized spacial score (nSPS) is 19.3. The van der Waals surface area contributed by atoms with Gasteiger partial charge in [0.25, 0.3) is 5.91 Å². The molecule has 1 aromatic carbocycles. The smallest absolute Gasteiger partial charge is 0.255 e. The summed E-state index contributed by atoms with van der Waals surface area (Å²) in [6, 6.07) is 5.27. The van der Waals surface area contributed by atoms with Gasteiger partial charge in [0.2, 0.25) is 0 Å². The Labute approximate surface area is 120 Å². The average molecular weight is 333 g/mol. The van der Waals surface area contributed by atoms with Gasteiger partial charge in [-0.15, -0.1) is 0 Å². The molecule has 1 atom stereocenters. The number of amides is 1. The number of hydrogen-bond acceptors (Lipinski definition) is 2. The number of likely N-dealkylation sites (tertiary alicyclic amines) is 1. The molecule has 0 bridgehead atoms. The van der Waals surface area contributed by atoms with Crippen molar-refractivity contribution in [3.8, 4) is 0 Å². The Kier molecular flexibility index (Phi) is 4.65. The van der Waals surface area contributed by atoms with Gasteiger partial charge in [-0.25, -0.2) is 0 Å². The fraction of sp³-hybridized carbons (Fsp3) is 0.462. The molecule has 1 unspecified atom stereocenters. The minimum Gasteiger partial charge on any atom is -0.384 e. The molecule has 98 valence electrons. The molecule has 0 N–H and O–H groups in total. The lowest BCUT2D eigenvalue weighted by molar-refractivity contribution is 0.0774. The largest absolute Gasteiger partial charge is 0.384 e. The van der Waals surface area contributed by atoms with E-state index in [1.807, 2.05) is 4.90 Å². The maximum absolute atomic E-state index is 12.4. The lowest BCUT2D eigenvalue weighted by Gasteiger charge is -2.17. The molecular weight excluding hydrogens is 318 g/mol. The Morgan fingerprint density at radius 3 is 3.11 bits per heavy atom.